The molecular weight excluding hydrogens is 240 g/mol. The first-order valence-corrected chi connectivity index (χ1v) is 6.36. The molecule has 4 heteroatoms. The minimum atomic E-state index is 0.538. The number of hydrogen-bond acceptors (Lipinski definition) is 4. The Hall–Kier alpha value is -2.23. The summed E-state index contributed by atoms with van der Waals surface area (Å²) in [5.41, 5.74) is 8.90. The molecule has 0 unspecified atom stereocenters. The van der Waals surface area contributed by atoms with Gasteiger partial charge in [0.2, 0.25) is 0 Å². The number of aryl methyl sites for hydroxylation is 1. The van der Waals surface area contributed by atoms with Crippen LogP contribution in [0, 0.1) is 6.92 Å². The smallest absolute Gasteiger partial charge is 0.161 e. The van der Waals surface area contributed by atoms with Crippen molar-refractivity contribution in [3.05, 3.63) is 36.0 Å². The Labute approximate surface area is 112 Å². The molecule has 0 saturated carbocycles. The maximum atomic E-state index is 5.70. The molecule has 0 fully saturated rings. The number of aromatic nitrogens is 1. The van der Waals surface area contributed by atoms with E-state index in [9.17, 15) is 0 Å². The summed E-state index contributed by atoms with van der Waals surface area (Å²) in [7, 11) is 0. The van der Waals surface area contributed by atoms with Crippen LogP contribution in [-0.4, -0.2) is 18.2 Å². The molecule has 0 saturated heterocycles. The fourth-order valence-corrected chi connectivity index (χ4v) is 2.21. The summed E-state index contributed by atoms with van der Waals surface area (Å²) in [6.07, 6.45) is 2.70. The molecule has 2 aromatic rings. The van der Waals surface area contributed by atoms with Crippen molar-refractivity contribution in [1.82, 2.24) is 4.98 Å². The van der Waals surface area contributed by atoms with Crippen LogP contribution in [0.25, 0.3) is 11.1 Å². The number of pyridine rings is 1. The Bertz CT molecular complexity index is 611. The number of nitrogens with zero attached hydrogens (tertiary/aromatic N) is 1. The van der Waals surface area contributed by atoms with Crippen LogP contribution in [-0.2, 0) is 0 Å². The second kappa shape index (κ2) is 4.80. The molecule has 19 heavy (non-hydrogen) atoms. The fraction of sp³-hybridized carbons (Fsp3) is 0.267. The number of rotatable bonds is 1. The summed E-state index contributed by atoms with van der Waals surface area (Å²) in [6, 6.07) is 7.85. The van der Waals surface area contributed by atoms with E-state index in [0.717, 1.165) is 34.6 Å². The van der Waals surface area contributed by atoms with Gasteiger partial charge in [-0.25, -0.2) is 4.98 Å². The van der Waals surface area contributed by atoms with Crippen LogP contribution < -0.4 is 15.2 Å². The molecule has 0 radical (unpaired) electrons. The molecule has 0 atom stereocenters. The Morgan fingerprint density at radius 1 is 1.11 bits per heavy atom. The summed E-state index contributed by atoms with van der Waals surface area (Å²) >= 11 is 0. The largest absolute Gasteiger partial charge is 0.490 e. The first-order chi connectivity index (χ1) is 9.24. The van der Waals surface area contributed by atoms with Crippen molar-refractivity contribution in [2.75, 3.05) is 18.9 Å². The van der Waals surface area contributed by atoms with Gasteiger partial charge in [-0.15, -0.1) is 0 Å². The molecule has 2 heterocycles. The third-order valence-corrected chi connectivity index (χ3v) is 3.19. The minimum Gasteiger partial charge on any atom is -0.490 e. The molecule has 1 aliphatic heterocycles. The van der Waals surface area contributed by atoms with Crippen molar-refractivity contribution < 1.29 is 9.47 Å². The second-order valence-corrected chi connectivity index (χ2v) is 4.64. The molecule has 0 bridgehead atoms. The average Bonchev–Trinajstić information content (AvgIpc) is 2.63. The summed E-state index contributed by atoms with van der Waals surface area (Å²) in [5, 5.41) is 0. The van der Waals surface area contributed by atoms with Gasteiger partial charge in [-0.1, -0.05) is 6.07 Å². The molecule has 98 valence electrons. The summed E-state index contributed by atoms with van der Waals surface area (Å²) < 4.78 is 11.3. The maximum absolute atomic E-state index is 5.70. The first kappa shape index (κ1) is 11.8. The van der Waals surface area contributed by atoms with Gasteiger partial charge in [0.1, 0.15) is 5.82 Å². The number of benzene rings is 1. The van der Waals surface area contributed by atoms with Gasteiger partial charge in [-0.2, -0.15) is 0 Å². The zero-order valence-electron chi connectivity index (χ0n) is 10.8. The van der Waals surface area contributed by atoms with Gasteiger partial charge < -0.3 is 15.2 Å². The van der Waals surface area contributed by atoms with Crippen LogP contribution in [0.5, 0.6) is 11.5 Å². The monoisotopic (exact) mass is 256 g/mol. The number of fused-ring (bicyclic) bond motifs is 1. The number of anilines is 1. The summed E-state index contributed by atoms with van der Waals surface area (Å²) in [4.78, 5) is 4.15. The van der Waals surface area contributed by atoms with Crippen LogP contribution in [0.2, 0.25) is 0 Å². The van der Waals surface area contributed by atoms with Crippen LogP contribution in [0.4, 0.5) is 5.82 Å². The minimum absolute atomic E-state index is 0.538. The number of hydrogen-bond donors (Lipinski definition) is 1. The van der Waals surface area contributed by atoms with Gasteiger partial charge in [0.05, 0.1) is 13.2 Å². The summed E-state index contributed by atoms with van der Waals surface area (Å²) in [6.45, 7) is 3.42. The molecular formula is C15H16N2O2. The van der Waals surface area contributed by atoms with E-state index < -0.39 is 0 Å². The van der Waals surface area contributed by atoms with Gasteiger partial charge >= 0.3 is 0 Å². The lowest BCUT2D eigenvalue weighted by molar-refractivity contribution is 0.297. The van der Waals surface area contributed by atoms with E-state index in [0.29, 0.717) is 19.0 Å². The molecule has 1 aliphatic rings. The van der Waals surface area contributed by atoms with Crippen molar-refractivity contribution in [3.8, 4) is 22.6 Å². The van der Waals surface area contributed by atoms with Crippen molar-refractivity contribution in [2.24, 2.45) is 0 Å². The topological polar surface area (TPSA) is 57.4 Å². The standard InChI is InChI=1S/C15H16N2O2/c1-10-7-15(16)17-9-12(10)11-3-4-13-14(8-11)19-6-2-5-18-13/h3-4,7-9H,2,5-6H2,1H3,(H2,16,17). The van der Waals surface area contributed by atoms with Gasteiger partial charge in [0.25, 0.3) is 0 Å². The highest BCUT2D eigenvalue weighted by Gasteiger charge is 2.12. The Morgan fingerprint density at radius 2 is 1.89 bits per heavy atom. The number of nitrogen functional groups attached to an aromatic ring is 1. The zero-order valence-corrected chi connectivity index (χ0v) is 10.8. The number of nitrogens with two attached hydrogens (primary N) is 1. The van der Waals surface area contributed by atoms with Crippen molar-refractivity contribution in [2.45, 2.75) is 13.3 Å². The fourth-order valence-electron chi connectivity index (χ4n) is 2.21. The highest BCUT2D eigenvalue weighted by atomic mass is 16.5. The van der Waals surface area contributed by atoms with E-state index >= 15 is 0 Å². The van der Waals surface area contributed by atoms with E-state index in [1.165, 1.54) is 0 Å². The van der Waals surface area contributed by atoms with Crippen molar-refractivity contribution in [1.29, 1.82) is 0 Å². The van der Waals surface area contributed by atoms with Gasteiger partial charge in [-0.05, 0) is 36.2 Å². The van der Waals surface area contributed by atoms with E-state index in [1.54, 1.807) is 6.20 Å². The van der Waals surface area contributed by atoms with Crippen LogP contribution in [0.3, 0.4) is 0 Å². The van der Waals surface area contributed by atoms with E-state index in [2.05, 4.69) is 4.98 Å². The van der Waals surface area contributed by atoms with Crippen LogP contribution >= 0.6 is 0 Å². The lowest BCUT2D eigenvalue weighted by atomic mass is 10.0. The molecule has 2 N–H and O–H groups in total. The average molecular weight is 256 g/mol. The Balaban J connectivity index is 2.03. The molecule has 1 aromatic heterocycles. The number of ether oxygens (including phenoxy) is 2. The van der Waals surface area contributed by atoms with Gasteiger partial charge in [0.15, 0.2) is 11.5 Å². The van der Waals surface area contributed by atoms with E-state index in [1.807, 2.05) is 31.2 Å². The van der Waals surface area contributed by atoms with E-state index in [4.69, 9.17) is 15.2 Å². The summed E-state index contributed by atoms with van der Waals surface area (Å²) in [5.74, 6) is 2.14. The third-order valence-electron chi connectivity index (χ3n) is 3.19. The Morgan fingerprint density at radius 3 is 2.68 bits per heavy atom. The highest BCUT2D eigenvalue weighted by molar-refractivity contribution is 5.70. The lowest BCUT2D eigenvalue weighted by Gasteiger charge is -2.11. The van der Waals surface area contributed by atoms with Crippen LogP contribution in [0.1, 0.15) is 12.0 Å². The van der Waals surface area contributed by atoms with Gasteiger partial charge in [-0.3, -0.25) is 0 Å². The van der Waals surface area contributed by atoms with Crippen molar-refractivity contribution in [3.63, 3.8) is 0 Å². The third kappa shape index (κ3) is 2.34. The molecule has 3 rings (SSSR count). The normalized spacial score (nSPS) is 13.9. The quantitative estimate of drug-likeness (QED) is 0.852. The maximum Gasteiger partial charge on any atom is 0.161 e. The molecule has 0 amide bonds. The predicted octanol–water partition coefficient (Wildman–Crippen LogP) is 2.80. The van der Waals surface area contributed by atoms with E-state index in [-0.39, 0.29) is 0 Å². The molecule has 0 aliphatic carbocycles. The molecule has 1 aromatic carbocycles. The molecule has 4 nitrogen and oxygen atoms in total. The molecule has 0 spiro atoms. The Kier molecular flexibility index (Phi) is 2.99. The lowest BCUT2D eigenvalue weighted by Crippen LogP contribution is -1.97. The predicted molar refractivity (Wildman–Crippen MR) is 74.4 cm³/mol. The van der Waals surface area contributed by atoms with Gasteiger partial charge in [0, 0.05) is 18.2 Å². The first-order valence-electron chi connectivity index (χ1n) is 6.36. The van der Waals surface area contributed by atoms with Crippen molar-refractivity contribution >= 4 is 5.82 Å². The highest BCUT2D eigenvalue weighted by Crippen LogP contribution is 2.35. The SMILES string of the molecule is Cc1cc(N)ncc1-c1ccc2c(c1)OCCCO2. The second-order valence-electron chi connectivity index (χ2n) is 4.64. The zero-order chi connectivity index (χ0) is 13.2. The van der Waals surface area contributed by atoms with Crippen LogP contribution in [0.15, 0.2) is 30.5 Å².